The van der Waals surface area contributed by atoms with E-state index < -0.39 is 0 Å². The molecule has 0 aliphatic carbocycles. The number of thioether (sulfide) groups is 1. The van der Waals surface area contributed by atoms with Crippen molar-refractivity contribution >= 4 is 58.2 Å². The van der Waals surface area contributed by atoms with E-state index in [4.69, 9.17) is 39.5 Å². The van der Waals surface area contributed by atoms with Crippen molar-refractivity contribution in [2.24, 2.45) is 0 Å². The summed E-state index contributed by atoms with van der Waals surface area (Å²) in [4.78, 5) is 12.3. The Bertz CT molecular complexity index is 717. The Hall–Kier alpha value is -1.07. The second-order valence-corrected chi connectivity index (χ2v) is 7.62. The molecule has 0 spiro atoms. The van der Waals surface area contributed by atoms with Crippen molar-refractivity contribution in [3.8, 4) is 5.75 Å². The van der Waals surface area contributed by atoms with Gasteiger partial charge in [-0.2, -0.15) is 0 Å². The van der Waals surface area contributed by atoms with Gasteiger partial charge in [0.05, 0.1) is 28.1 Å². The average Bonchev–Trinajstić information content (AvgIpc) is 2.55. The second-order valence-electron chi connectivity index (χ2n) is 5.04. The van der Waals surface area contributed by atoms with Gasteiger partial charge >= 0.3 is 0 Å². The van der Waals surface area contributed by atoms with Gasteiger partial charge in [0, 0.05) is 10.8 Å². The number of anilines is 1. The Balaban J connectivity index is 1.97. The van der Waals surface area contributed by atoms with E-state index in [2.05, 4.69) is 5.32 Å². The first-order valence-corrected chi connectivity index (χ1v) is 9.29. The monoisotopic (exact) mass is 403 g/mol. The number of ether oxygens (including phenoxy) is 1. The molecule has 1 unspecified atom stereocenters. The lowest BCUT2D eigenvalue weighted by Crippen LogP contribution is -2.23. The van der Waals surface area contributed by atoms with E-state index >= 15 is 0 Å². The Kier molecular flexibility index (Phi) is 7.11. The maximum absolute atomic E-state index is 12.3. The van der Waals surface area contributed by atoms with Gasteiger partial charge in [0.15, 0.2) is 0 Å². The van der Waals surface area contributed by atoms with Crippen LogP contribution in [0.25, 0.3) is 0 Å². The molecule has 2 aromatic carbocycles. The smallest absolute Gasteiger partial charge is 0.237 e. The SMILES string of the molecule is COc1cccc(CSC(C)C(=O)Nc2c(Cl)cc(Cl)cc2Cl)c1. The first-order valence-electron chi connectivity index (χ1n) is 7.10. The number of amides is 1. The van der Waals surface area contributed by atoms with Gasteiger partial charge in [0.2, 0.25) is 5.91 Å². The zero-order valence-corrected chi connectivity index (χ0v) is 16.2. The van der Waals surface area contributed by atoms with Crippen LogP contribution >= 0.6 is 46.6 Å². The minimum atomic E-state index is -0.279. The Morgan fingerprint density at radius 1 is 1.21 bits per heavy atom. The van der Waals surface area contributed by atoms with Crippen LogP contribution in [0.4, 0.5) is 5.69 Å². The van der Waals surface area contributed by atoms with Crippen LogP contribution in [0, 0.1) is 0 Å². The number of carbonyl (C=O) groups excluding carboxylic acids is 1. The maximum Gasteiger partial charge on any atom is 0.237 e. The van der Waals surface area contributed by atoms with Crippen molar-refractivity contribution in [3.05, 3.63) is 57.0 Å². The maximum atomic E-state index is 12.3. The molecule has 1 atom stereocenters. The van der Waals surface area contributed by atoms with Crippen molar-refractivity contribution in [3.63, 3.8) is 0 Å². The normalized spacial score (nSPS) is 11.9. The summed E-state index contributed by atoms with van der Waals surface area (Å²) in [6.45, 7) is 1.83. The summed E-state index contributed by atoms with van der Waals surface area (Å²) in [5, 5.41) is 3.52. The van der Waals surface area contributed by atoms with Crippen LogP contribution in [0.3, 0.4) is 0 Å². The van der Waals surface area contributed by atoms with Crippen LogP contribution in [0.5, 0.6) is 5.75 Å². The molecule has 24 heavy (non-hydrogen) atoms. The summed E-state index contributed by atoms with van der Waals surface area (Å²) in [5.74, 6) is 1.31. The van der Waals surface area contributed by atoms with Crippen LogP contribution < -0.4 is 10.1 Å². The van der Waals surface area contributed by atoms with Gasteiger partial charge in [-0.05, 0) is 36.8 Å². The predicted octanol–water partition coefficient (Wildman–Crippen LogP) is 5.92. The highest BCUT2D eigenvalue weighted by atomic mass is 35.5. The lowest BCUT2D eigenvalue weighted by molar-refractivity contribution is -0.115. The van der Waals surface area contributed by atoms with Crippen molar-refractivity contribution in [2.75, 3.05) is 12.4 Å². The van der Waals surface area contributed by atoms with E-state index in [9.17, 15) is 4.79 Å². The second kappa shape index (κ2) is 8.86. The molecule has 128 valence electrons. The molecule has 0 saturated carbocycles. The fourth-order valence-corrected chi connectivity index (χ4v) is 3.69. The molecule has 7 heteroatoms. The van der Waals surface area contributed by atoms with Gasteiger partial charge < -0.3 is 10.1 Å². The summed E-state index contributed by atoms with van der Waals surface area (Å²) < 4.78 is 5.20. The minimum absolute atomic E-state index is 0.172. The predicted molar refractivity (Wildman–Crippen MR) is 104 cm³/mol. The zero-order valence-electron chi connectivity index (χ0n) is 13.1. The number of carbonyl (C=O) groups is 1. The number of hydrogen-bond acceptors (Lipinski definition) is 3. The first kappa shape index (κ1) is 19.3. The average molecular weight is 405 g/mol. The molecule has 2 aromatic rings. The molecule has 0 fully saturated rings. The molecule has 2 rings (SSSR count). The van der Waals surface area contributed by atoms with Crippen molar-refractivity contribution < 1.29 is 9.53 Å². The van der Waals surface area contributed by atoms with Crippen LogP contribution in [0.2, 0.25) is 15.1 Å². The first-order chi connectivity index (χ1) is 11.4. The van der Waals surface area contributed by atoms with Gasteiger partial charge in [0.1, 0.15) is 5.75 Å². The molecule has 0 aliphatic heterocycles. The fourth-order valence-electron chi connectivity index (χ4n) is 1.95. The Morgan fingerprint density at radius 3 is 2.50 bits per heavy atom. The molecular formula is C17H16Cl3NO2S. The van der Waals surface area contributed by atoms with Crippen molar-refractivity contribution in [2.45, 2.75) is 17.9 Å². The fraction of sp³-hybridized carbons (Fsp3) is 0.235. The van der Waals surface area contributed by atoms with E-state index in [0.717, 1.165) is 11.3 Å². The summed E-state index contributed by atoms with van der Waals surface area (Å²) in [7, 11) is 1.63. The van der Waals surface area contributed by atoms with Crippen LogP contribution in [-0.2, 0) is 10.5 Å². The Labute approximate surface area is 160 Å². The highest BCUT2D eigenvalue weighted by Gasteiger charge is 2.17. The molecule has 0 radical (unpaired) electrons. The number of benzene rings is 2. The quantitative estimate of drug-likeness (QED) is 0.650. The third-order valence-corrected chi connectivity index (χ3v) is 5.29. The molecule has 3 nitrogen and oxygen atoms in total. The highest BCUT2D eigenvalue weighted by molar-refractivity contribution is 7.99. The van der Waals surface area contributed by atoms with Gasteiger partial charge in [-0.25, -0.2) is 0 Å². The number of halogens is 3. The van der Waals surface area contributed by atoms with Gasteiger partial charge in [-0.1, -0.05) is 46.9 Å². The van der Waals surface area contributed by atoms with Gasteiger partial charge in [0.25, 0.3) is 0 Å². The van der Waals surface area contributed by atoms with E-state index in [-0.39, 0.29) is 11.2 Å². The van der Waals surface area contributed by atoms with E-state index in [1.54, 1.807) is 19.2 Å². The molecule has 1 amide bonds. The van der Waals surface area contributed by atoms with Gasteiger partial charge in [-0.3, -0.25) is 4.79 Å². The number of methoxy groups -OCH3 is 1. The molecule has 0 saturated heterocycles. The summed E-state index contributed by atoms with van der Waals surface area (Å²) in [6, 6.07) is 10.8. The summed E-state index contributed by atoms with van der Waals surface area (Å²) in [6.07, 6.45) is 0. The van der Waals surface area contributed by atoms with Crippen molar-refractivity contribution in [1.29, 1.82) is 0 Å². The topological polar surface area (TPSA) is 38.3 Å². The molecule has 0 heterocycles. The number of nitrogens with one attached hydrogen (secondary N) is 1. The lowest BCUT2D eigenvalue weighted by Gasteiger charge is -2.14. The third-order valence-electron chi connectivity index (χ3n) is 3.26. The largest absolute Gasteiger partial charge is 0.497 e. The molecule has 0 aliphatic rings. The minimum Gasteiger partial charge on any atom is -0.497 e. The molecule has 1 N–H and O–H groups in total. The van der Waals surface area contributed by atoms with Crippen LogP contribution in [-0.4, -0.2) is 18.3 Å². The highest BCUT2D eigenvalue weighted by Crippen LogP contribution is 2.34. The molecular weight excluding hydrogens is 389 g/mol. The molecule has 0 aromatic heterocycles. The standard InChI is InChI=1S/C17H16Cl3NO2S/c1-10(24-9-11-4-3-5-13(6-11)23-2)17(22)21-16-14(19)7-12(18)8-15(16)20/h3-8,10H,9H2,1-2H3,(H,21,22). The summed E-state index contributed by atoms with van der Waals surface area (Å²) >= 11 is 19.5. The third kappa shape index (κ3) is 5.21. The molecule has 0 bridgehead atoms. The van der Waals surface area contributed by atoms with Crippen molar-refractivity contribution in [1.82, 2.24) is 0 Å². The summed E-state index contributed by atoms with van der Waals surface area (Å²) in [5.41, 5.74) is 1.46. The number of rotatable bonds is 6. The number of hydrogen-bond donors (Lipinski definition) is 1. The van der Waals surface area contributed by atoms with E-state index in [1.165, 1.54) is 11.8 Å². The zero-order chi connectivity index (χ0) is 17.7. The van der Waals surface area contributed by atoms with Crippen LogP contribution in [0.15, 0.2) is 36.4 Å². The van der Waals surface area contributed by atoms with E-state index in [0.29, 0.717) is 26.5 Å². The lowest BCUT2D eigenvalue weighted by atomic mass is 10.2. The van der Waals surface area contributed by atoms with E-state index in [1.807, 2.05) is 31.2 Å². The Morgan fingerprint density at radius 2 is 1.88 bits per heavy atom. The van der Waals surface area contributed by atoms with Crippen LogP contribution in [0.1, 0.15) is 12.5 Å². The van der Waals surface area contributed by atoms with Gasteiger partial charge in [-0.15, -0.1) is 11.8 Å².